The van der Waals surface area contributed by atoms with Crippen LogP contribution in [0.5, 0.6) is 5.75 Å². The predicted octanol–water partition coefficient (Wildman–Crippen LogP) is 2.23. The van der Waals surface area contributed by atoms with E-state index in [0.29, 0.717) is 5.92 Å². The van der Waals surface area contributed by atoms with E-state index < -0.39 is 0 Å². The Kier molecular flexibility index (Phi) is 7.36. The number of nitrogens with one attached hydrogen (secondary N) is 2. The Labute approximate surface area is 169 Å². The van der Waals surface area contributed by atoms with Crippen molar-refractivity contribution < 1.29 is 19.2 Å². The molecule has 156 valence electrons. The third-order valence-corrected chi connectivity index (χ3v) is 6.43. The van der Waals surface area contributed by atoms with E-state index >= 15 is 0 Å². The first-order valence-electron chi connectivity index (χ1n) is 10.9. The molecule has 2 N–H and O–H groups in total. The molecule has 5 nitrogen and oxygen atoms in total. The van der Waals surface area contributed by atoms with Gasteiger partial charge in [0.1, 0.15) is 24.4 Å². The number of morpholine rings is 1. The highest BCUT2D eigenvalue weighted by molar-refractivity contribution is 5.77. The summed E-state index contributed by atoms with van der Waals surface area (Å²) in [6.07, 6.45) is 6.22. The topological polar surface area (TPSA) is 52.0 Å². The van der Waals surface area contributed by atoms with E-state index in [9.17, 15) is 4.79 Å². The van der Waals surface area contributed by atoms with Crippen molar-refractivity contribution in [2.24, 2.45) is 0 Å². The van der Waals surface area contributed by atoms with Crippen LogP contribution in [0.2, 0.25) is 0 Å². The van der Waals surface area contributed by atoms with Gasteiger partial charge in [-0.05, 0) is 42.9 Å². The number of benzene rings is 1. The number of aryl methyl sites for hydroxylation is 1. The van der Waals surface area contributed by atoms with Crippen molar-refractivity contribution in [3.05, 3.63) is 29.3 Å². The Morgan fingerprint density at radius 3 is 2.61 bits per heavy atom. The largest absolute Gasteiger partial charge is 0.483 e. The van der Waals surface area contributed by atoms with Gasteiger partial charge < -0.3 is 19.7 Å². The van der Waals surface area contributed by atoms with Crippen molar-refractivity contribution in [2.75, 3.05) is 39.5 Å². The number of carbonyl (C=O) groups is 1. The summed E-state index contributed by atoms with van der Waals surface area (Å²) in [5.41, 5.74) is 2.47. The number of quaternary nitrogens is 1. The summed E-state index contributed by atoms with van der Waals surface area (Å²) < 4.78 is 11.5. The Balaban J connectivity index is 1.57. The lowest BCUT2D eigenvalue weighted by molar-refractivity contribution is -0.960. The van der Waals surface area contributed by atoms with Gasteiger partial charge in [0.25, 0.3) is 5.91 Å². The van der Waals surface area contributed by atoms with Gasteiger partial charge >= 0.3 is 0 Å². The van der Waals surface area contributed by atoms with Gasteiger partial charge in [-0.1, -0.05) is 32.4 Å². The Morgan fingerprint density at radius 1 is 1.21 bits per heavy atom. The average Bonchev–Trinajstić information content (AvgIpc) is 2.72. The van der Waals surface area contributed by atoms with Crippen LogP contribution >= 0.6 is 0 Å². The van der Waals surface area contributed by atoms with Crippen LogP contribution < -0.4 is 15.0 Å². The quantitative estimate of drug-likeness (QED) is 0.752. The molecule has 0 atom stereocenters. The maximum atomic E-state index is 12.6. The van der Waals surface area contributed by atoms with Gasteiger partial charge in [-0.15, -0.1) is 0 Å². The van der Waals surface area contributed by atoms with Crippen molar-refractivity contribution in [3.8, 4) is 5.75 Å². The Hall–Kier alpha value is -1.59. The minimum absolute atomic E-state index is 0.0196. The molecular formula is C23H37N2O3+. The van der Waals surface area contributed by atoms with Crippen LogP contribution in [0.3, 0.4) is 0 Å². The molecule has 1 aromatic carbocycles. The highest BCUT2D eigenvalue weighted by atomic mass is 16.5. The third kappa shape index (κ3) is 5.26. The van der Waals surface area contributed by atoms with E-state index in [1.807, 2.05) is 6.07 Å². The number of carbonyl (C=O) groups excluding carboxylic acids is 1. The summed E-state index contributed by atoms with van der Waals surface area (Å²) in [5.74, 6) is 1.18. The zero-order chi connectivity index (χ0) is 20.0. The van der Waals surface area contributed by atoms with Gasteiger partial charge in [0.05, 0.1) is 19.8 Å². The van der Waals surface area contributed by atoms with Gasteiger partial charge in [0, 0.05) is 12.8 Å². The molecular weight excluding hydrogens is 352 g/mol. The standard InChI is InChI=1S/C23H36N2O3/c1-18(2)20-8-7-19(3)15-21(20)28-16-22(26)24-17-23(9-5-4-6-10-23)25-11-13-27-14-12-25/h7-8,15,18H,4-6,9-14,16-17H2,1-3H3,(H,24,26)/p+1. The molecule has 0 spiro atoms. The van der Waals surface area contributed by atoms with Crippen LogP contribution in [0.25, 0.3) is 0 Å². The second-order valence-corrected chi connectivity index (χ2v) is 8.82. The molecule has 2 aliphatic rings. The highest BCUT2D eigenvalue weighted by Gasteiger charge is 2.42. The lowest BCUT2D eigenvalue weighted by Gasteiger charge is -2.45. The van der Waals surface area contributed by atoms with Crippen LogP contribution in [0.4, 0.5) is 0 Å². The SMILES string of the molecule is Cc1ccc(C(C)C)c(OCC(=O)NCC2([NH+]3CCOCC3)CCCCC2)c1. The highest BCUT2D eigenvalue weighted by Crippen LogP contribution is 2.28. The second kappa shape index (κ2) is 9.75. The van der Waals surface area contributed by atoms with Gasteiger partial charge in [0.2, 0.25) is 0 Å². The van der Waals surface area contributed by atoms with Crippen LogP contribution in [0.1, 0.15) is 63.0 Å². The first-order valence-corrected chi connectivity index (χ1v) is 10.9. The summed E-state index contributed by atoms with van der Waals surface area (Å²) in [6, 6.07) is 6.23. The summed E-state index contributed by atoms with van der Waals surface area (Å²) >= 11 is 0. The lowest BCUT2D eigenvalue weighted by Crippen LogP contribution is -3.23. The van der Waals surface area contributed by atoms with E-state index in [1.165, 1.54) is 32.1 Å². The second-order valence-electron chi connectivity index (χ2n) is 8.82. The summed E-state index contributed by atoms with van der Waals surface area (Å²) in [6.45, 7) is 10.9. The number of amides is 1. The first-order chi connectivity index (χ1) is 13.5. The molecule has 0 bridgehead atoms. The molecule has 1 aliphatic carbocycles. The first kappa shape index (κ1) is 21.1. The Morgan fingerprint density at radius 2 is 1.93 bits per heavy atom. The monoisotopic (exact) mass is 389 g/mol. The van der Waals surface area contributed by atoms with E-state index in [1.54, 1.807) is 4.90 Å². The van der Waals surface area contributed by atoms with E-state index in [2.05, 4.69) is 38.2 Å². The number of ether oxygens (including phenoxy) is 2. The minimum Gasteiger partial charge on any atom is -0.483 e. The average molecular weight is 390 g/mol. The van der Waals surface area contributed by atoms with Crippen LogP contribution in [0, 0.1) is 6.92 Å². The number of hydrogen-bond acceptors (Lipinski definition) is 3. The maximum absolute atomic E-state index is 12.6. The van der Waals surface area contributed by atoms with E-state index in [0.717, 1.165) is 49.7 Å². The maximum Gasteiger partial charge on any atom is 0.258 e. The predicted molar refractivity (Wildman–Crippen MR) is 111 cm³/mol. The fourth-order valence-electron chi connectivity index (χ4n) is 4.74. The molecule has 1 aliphatic heterocycles. The van der Waals surface area contributed by atoms with Crippen molar-refractivity contribution in [2.45, 2.75) is 64.3 Å². The zero-order valence-electron chi connectivity index (χ0n) is 17.8. The molecule has 2 fully saturated rings. The molecule has 1 saturated heterocycles. The molecule has 1 amide bonds. The molecule has 1 saturated carbocycles. The fraction of sp³-hybridized carbons (Fsp3) is 0.696. The summed E-state index contributed by atoms with van der Waals surface area (Å²) in [5, 5.41) is 3.20. The van der Waals surface area contributed by atoms with Crippen molar-refractivity contribution in [3.63, 3.8) is 0 Å². The van der Waals surface area contributed by atoms with Gasteiger partial charge in [-0.2, -0.15) is 0 Å². The van der Waals surface area contributed by atoms with E-state index in [-0.39, 0.29) is 18.1 Å². The summed E-state index contributed by atoms with van der Waals surface area (Å²) in [4.78, 5) is 14.2. The fourth-order valence-corrected chi connectivity index (χ4v) is 4.74. The Bertz CT molecular complexity index is 647. The van der Waals surface area contributed by atoms with Gasteiger partial charge in [-0.25, -0.2) is 0 Å². The van der Waals surface area contributed by atoms with Crippen molar-refractivity contribution in [1.29, 1.82) is 0 Å². The molecule has 28 heavy (non-hydrogen) atoms. The smallest absolute Gasteiger partial charge is 0.258 e. The summed E-state index contributed by atoms with van der Waals surface area (Å²) in [7, 11) is 0. The molecule has 1 heterocycles. The molecule has 0 radical (unpaired) electrons. The number of rotatable bonds is 7. The van der Waals surface area contributed by atoms with Gasteiger partial charge in [-0.3, -0.25) is 4.79 Å². The molecule has 1 aromatic rings. The molecule has 0 aromatic heterocycles. The van der Waals surface area contributed by atoms with Crippen LogP contribution in [0.15, 0.2) is 18.2 Å². The molecule has 0 unspecified atom stereocenters. The lowest BCUT2D eigenvalue weighted by atomic mass is 9.79. The van der Waals surface area contributed by atoms with Crippen LogP contribution in [-0.2, 0) is 9.53 Å². The van der Waals surface area contributed by atoms with E-state index in [4.69, 9.17) is 9.47 Å². The zero-order valence-corrected chi connectivity index (χ0v) is 17.8. The van der Waals surface area contributed by atoms with Crippen LogP contribution in [-0.4, -0.2) is 50.9 Å². The molecule has 5 heteroatoms. The molecule has 3 rings (SSSR count). The minimum atomic E-state index is -0.0196. The van der Waals surface area contributed by atoms with Crippen molar-refractivity contribution in [1.82, 2.24) is 5.32 Å². The van der Waals surface area contributed by atoms with Gasteiger partial charge in [0.15, 0.2) is 6.61 Å². The normalized spacial score (nSPS) is 20.1. The third-order valence-electron chi connectivity index (χ3n) is 6.43. The van der Waals surface area contributed by atoms with Crippen molar-refractivity contribution >= 4 is 5.91 Å². The number of hydrogen-bond donors (Lipinski definition) is 2.